The molecule has 0 bridgehead atoms. The second-order valence-electron chi connectivity index (χ2n) is 9.40. The molecule has 0 aliphatic heterocycles. The van der Waals surface area contributed by atoms with Gasteiger partial charge in [0.2, 0.25) is 5.88 Å². The number of aromatic nitrogens is 2. The van der Waals surface area contributed by atoms with Crippen molar-refractivity contribution in [3.05, 3.63) is 96.1 Å². The van der Waals surface area contributed by atoms with Gasteiger partial charge < -0.3 is 14.6 Å². The average molecular weight is 484 g/mol. The quantitative estimate of drug-likeness (QED) is 0.307. The monoisotopic (exact) mass is 483 g/mol. The lowest BCUT2D eigenvalue weighted by Crippen LogP contribution is -2.35. The number of nitrogens with zero attached hydrogens (tertiary/aromatic N) is 3. The predicted octanol–water partition coefficient (Wildman–Crippen LogP) is 5.46. The van der Waals surface area contributed by atoms with E-state index in [-0.39, 0.29) is 0 Å². The van der Waals surface area contributed by atoms with Crippen LogP contribution in [0.1, 0.15) is 24.0 Å². The molecule has 1 saturated carbocycles. The Morgan fingerprint density at radius 2 is 1.58 bits per heavy atom. The minimum Gasteiger partial charge on any atom is -0.497 e. The van der Waals surface area contributed by atoms with Crippen molar-refractivity contribution in [1.29, 1.82) is 0 Å². The Hall–Kier alpha value is -3.61. The molecule has 1 aromatic heterocycles. The molecule has 6 nitrogen and oxygen atoms in total. The van der Waals surface area contributed by atoms with Crippen LogP contribution < -0.4 is 9.47 Å². The van der Waals surface area contributed by atoms with E-state index < -0.39 is 6.10 Å². The normalized spacial score (nSPS) is 14.1. The van der Waals surface area contributed by atoms with Crippen molar-refractivity contribution in [3.8, 4) is 28.6 Å². The Balaban J connectivity index is 1.43. The predicted molar refractivity (Wildman–Crippen MR) is 141 cm³/mol. The Morgan fingerprint density at radius 3 is 2.22 bits per heavy atom. The zero-order chi connectivity index (χ0) is 24.9. The summed E-state index contributed by atoms with van der Waals surface area (Å²) in [6, 6.07) is 28.5. The fraction of sp³-hybridized carbons (Fsp3) is 0.300. The third-order valence-corrected chi connectivity index (χ3v) is 6.59. The molecule has 1 aliphatic carbocycles. The molecule has 0 saturated heterocycles. The van der Waals surface area contributed by atoms with E-state index in [0.29, 0.717) is 31.4 Å². The number of aliphatic hydroxyl groups is 1. The number of hydrogen-bond donors (Lipinski definition) is 1. The van der Waals surface area contributed by atoms with E-state index in [4.69, 9.17) is 14.6 Å². The van der Waals surface area contributed by atoms with Gasteiger partial charge in [-0.05, 0) is 49.1 Å². The Labute approximate surface area is 212 Å². The molecule has 1 fully saturated rings. The maximum absolute atomic E-state index is 11.0. The van der Waals surface area contributed by atoms with E-state index in [1.807, 2.05) is 72.4 Å². The second kappa shape index (κ2) is 11.0. The number of aryl methyl sites for hydroxylation is 1. The van der Waals surface area contributed by atoms with Crippen molar-refractivity contribution < 1.29 is 14.6 Å². The zero-order valence-electron chi connectivity index (χ0n) is 20.9. The lowest BCUT2D eigenvalue weighted by atomic mass is 10.1. The maximum atomic E-state index is 11.0. The van der Waals surface area contributed by atoms with Crippen LogP contribution in [-0.4, -0.2) is 45.6 Å². The molecule has 0 radical (unpaired) electrons. The van der Waals surface area contributed by atoms with Crippen LogP contribution in [0.5, 0.6) is 17.4 Å². The van der Waals surface area contributed by atoms with Gasteiger partial charge in [-0.15, -0.1) is 0 Å². The van der Waals surface area contributed by atoms with E-state index >= 15 is 0 Å². The third-order valence-electron chi connectivity index (χ3n) is 6.59. The standard InChI is InChI=1S/C30H33N3O3/c1-32-30(36-27-17-15-26(35-2)16-18-27)28(29(31-32)23-11-7-4-8-12-23)21-33(24-13-14-24)20-25(34)19-22-9-5-3-6-10-22/h3-12,15-18,24-25,34H,13-14,19-21H2,1-2H3/t25-/m1/s1. The van der Waals surface area contributed by atoms with E-state index in [1.54, 1.807) is 7.11 Å². The summed E-state index contributed by atoms with van der Waals surface area (Å²) in [5, 5.41) is 15.8. The number of methoxy groups -OCH3 is 1. The van der Waals surface area contributed by atoms with Gasteiger partial charge in [-0.25, -0.2) is 4.68 Å². The first-order valence-electron chi connectivity index (χ1n) is 12.5. The molecule has 6 heteroatoms. The molecule has 1 N–H and O–H groups in total. The minimum absolute atomic E-state index is 0.448. The Kier molecular flexibility index (Phi) is 7.35. The highest BCUT2D eigenvalue weighted by Crippen LogP contribution is 2.37. The fourth-order valence-electron chi connectivity index (χ4n) is 4.61. The summed E-state index contributed by atoms with van der Waals surface area (Å²) in [5.41, 5.74) is 4.13. The van der Waals surface area contributed by atoms with Crippen LogP contribution in [0.2, 0.25) is 0 Å². The molecule has 5 rings (SSSR count). The van der Waals surface area contributed by atoms with Crippen LogP contribution in [0.3, 0.4) is 0 Å². The topological polar surface area (TPSA) is 59.8 Å². The molecule has 0 unspecified atom stereocenters. The molecular weight excluding hydrogens is 450 g/mol. The highest BCUT2D eigenvalue weighted by molar-refractivity contribution is 5.65. The molecule has 186 valence electrons. The molecule has 4 aromatic rings. The summed E-state index contributed by atoms with van der Waals surface area (Å²) in [6.07, 6.45) is 2.48. The van der Waals surface area contributed by atoms with Crippen LogP contribution in [0.4, 0.5) is 0 Å². The van der Waals surface area contributed by atoms with Gasteiger partial charge in [0.1, 0.15) is 17.2 Å². The average Bonchev–Trinajstić information content (AvgIpc) is 3.71. The van der Waals surface area contributed by atoms with Crippen molar-refractivity contribution in [2.45, 2.75) is 38.0 Å². The largest absolute Gasteiger partial charge is 0.497 e. The number of hydrogen-bond acceptors (Lipinski definition) is 5. The Morgan fingerprint density at radius 1 is 0.944 bits per heavy atom. The van der Waals surface area contributed by atoms with Gasteiger partial charge in [-0.3, -0.25) is 4.90 Å². The summed E-state index contributed by atoms with van der Waals surface area (Å²) in [4.78, 5) is 2.39. The first-order valence-corrected chi connectivity index (χ1v) is 12.5. The summed E-state index contributed by atoms with van der Waals surface area (Å²) in [7, 11) is 3.57. The van der Waals surface area contributed by atoms with Crippen LogP contribution in [-0.2, 0) is 20.0 Å². The van der Waals surface area contributed by atoms with Crippen LogP contribution in [0, 0.1) is 0 Å². The second-order valence-corrected chi connectivity index (χ2v) is 9.40. The van der Waals surface area contributed by atoms with Crippen LogP contribution in [0.15, 0.2) is 84.9 Å². The summed E-state index contributed by atoms with van der Waals surface area (Å²) < 4.78 is 13.5. The summed E-state index contributed by atoms with van der Waals surface area (Å²) >= 11 is 0. The number of aliphatic hydroxyl groups excluding tert-OH is 1. The molecule has 1 atom stereocenters. The van der Waals surface area contributed by atoms with Gasteiger partial charge in [0, 0.05) is 31.7 Å². The van der Waals surface area contributed by atoms with Gasteiger partial charge in [0.05, 0.1) is 18.8 Å². The van der Waals surface area contributed by atoms with Gasteiger partial charge in [-0.1, -0.05) is 60.7 Å². The highest BCUT2D eigenvalue weighted by atomic mass is 16.5. The third kappa shape index (κ3) is 5.78. The van der Waals surface area contributed by atoms with Crippen LogP contribution >= 0.6 is 0 Å². The van der Waals surface area contributed by atoms with E-state index in [0.717, 1.165) is 46.7 Å². The van der Waals surface area contributed by atoms with Gasteiger partial charge in [0.25, 0.3) is 0 Å². The number of benzene rings is 3. The van der Waals surface area contributed by atoms with E-state index in [9.17, 15) is 5.11 Å². The van der Waals surface area contributed by atoms with Gasteiger partial charge in [0.15, 0.2) is 0 Å². The molecule has 1 aliphatic rings. The van der Waals surface area contributed by atoms with Crippen LogP contribution in [0.25, 0.3) is 11.3 Å². The maximum Gasteiger partial charge on any atom is 0.222 e. The number of ether oxygens (including phenoxy) is 2. The van der Waals surface area contributed by atoms with Crippen molar-refractivity contribution in [3.63, 3.8) is 0 Å². The first-order chi connectivity index (χ1) is 17.6. The minimum atomic E-state index is -0.448. The van der Waals surface area contributed by atoms with Crippen molar-refractivity contribution in [1.82, 2.24) is 14.7 Å². The molecule has 0 spiro atoms. The molecule has 0 amide bonds. The first kappa shape index (κ1) is 24.1. The van der Waals surface area contributed by atoms with Gasteiger partial charge in [-0.2, -0.15) is 5.10 Å². The van der Waals surface area contributed by atoms with Gasteiger partial charge >= 0.3 is 0 Å². The van der Waals surface area contributed by atoms with E-state index in [2.05, 4.69) is 29.2 Å². The van der Waals surface area contributed by atoms with E-state index in [1.165, 1.54) is 0 Å². The number of rotatable bonds is 11. The smallest absolute Gasteiger partial charge is 0.222 e. The lowest BCUT2D eigenvalue weighted by Gasteiger charge is -2.25. The molecule has 3 aromatic carbocycles. The molecular formula is C30H33N3O3. The SMILES string of the molecule is COc1ccc(Oc2c(CN(C[C@H](O)Cc3ccccc3)C3CC3)c(-c3ccccc3)nn2C)cc1. The van der Waals surface area contributed by atoms with Crippen molar-refractivity contribution in [2.24, 2.45) is 7.05 Å². The van der Waals surface area contributed by atoms with Crippen molar-refractivity contribution >= 4 is 0 Å². The Bertz CT molecular complexity index is 1250. The summed E-state index contributed by atoms with van der Waals surface area (Å²) in [6.45, 7) is 1.25. The highest BCUT2D eigenvalue weighted by Gasteiger charge is 2.33. The zero-order valence-corrected chi connectivity index (χ0v) is 20.9. The molecule has 1 heterocycles. The molecule has 36 heavy (non-hydrogen) atoms. The fourth-order valence-corrected chi connectivity index (χ4v) is 4.61. The lowest BCUT2D eigenvalue weighted by molar-refractivity contribution is 0.104. The van der Waals surface area contributed by atoms with Crippen molar-refractivity contribution in [2.75, 3.05) is 13.7 Å². The summed E-state index contributed by atoms with van der Waals surface area (Å²) in [5.74, 6) is 2.22.